The van der Waals surface area contributed by atoms with Crippen LogP contribution < -0.4 is 10.6 Å². The molecule has 1 aromatic carbocycles. The zero-order valence-electron chi connectivity index (χ0n) is 11.4. The Hall–Kier alpha value is -2.25. The maximum Gasteiger partial charge on any atom is 0.422 e. The summed E-state index contributed by atoms with van der Waals surface area (Å²) in [5.41, 5.74) is -2.20. The summed E-state index contributed by atoms with van der Waals surface area (Å²) in [7, 11) is 0. The summed E-state index contributed by atoms with van der Waals surface area (Å²) < 4.78 is 38.2. The molecule has 1 unspecified atom stereocenters. The summed E-state index contributed by atoms with van der Waals surface area (Å²) >= 11 is 0. The number of carbonyl (C=O) groups excluding carboxylic acids is 1. The largest absolute Gasteiger partial charge is 0.479 e. The lowest BCUT2D eigenvalue weighted by atomic mass is 10.0. The van der Waals surface area contributed by atoms with Crippen LogP contribution in [0.15, 0.2) is 24.3 Å². The SMILES string of the molecule is CCc1cccc(NC(=O)NC(C)(C(=O)O)C(F)(F)F)c1. The zero-order chi connectivity index (χ0) is 16.3. The molecule has 0 saturated heterocycles. The van der Waals surface area contributed by atoms with Crippen molar-refractivity contribution in [1.82, 2.24) is 5.32 Å². The van der Waals surface area contributed by atoms with E-state index in [0.29, 0.717) is 13.3 Å². The Kier molecular flexibility index (Phi) is 4.82. The molecule has 0 aromatic heterocycles. The summed E-state index contributed by atoms with van der Waals surface area (Å²) in [6.07, 6.45) is -4.44. The van der Waals surface area contributed by atoms with Crippen molar-refractivity contribution in [3.63, 3.8) is 0 Å². The minimum atomic E-state index is -5.12. The Morgan fingerprint density at radius 3 is 2.38 bits per heavy atom. The summed E-state index contributed by atoms with van der Waals surface area (Å²) in [5, 5.41) is 12.3. The van der Waals surface area contributed by atoms with Crippen molar-refractivity contribution < 1.29 is 27.9 Å². The van der Waals surface area contributed by atoms with Crippen LogP contribution in [0.25, 0.3) is 0 Å². The van der Waals surface area contributed by atoms with Crippen molar-refractivity contribution in [2.45, 2.75) is 32.0 Å². The van der Waals surface area contributed by atoms with E-state index >= 15 is 0 Å². The van der Waals surface area contributed by atoms with Crippen LogP contribution >= 0.6 is 0 Å². The Morgan fingerprint density at radius 2 is 1.90 bits per heavy atom. The molecule has 21 heavy (non-hydrogen) atoms. The van der Waals surface area contributed by atoms with Crippen LogP contribution in [0.5, 0.6) is 0 Å². The molecule has 8 heteroatoms. The minimum absolute atomic E-state index is 0.279. The van der Waals surface area contributed by atoms with E-state index in [4.69, 9.17) is 5.11 Å². The Labute approximate surface area is 119 Å². The average Bonchev–Trinajstić information content (AvgIpc) is 2.37. The lowest BCUT2D eigenvalue weighted by Crippen LogP contribution is -2.62. The maximum absolute atomic E-state index is 12.7. The molecule has 0 fully saturated rings. The number of urea groups is 1. The number of nitrogens with one attached hydrogen (secondary N) is 2. The molecule has 5 nitrogen and oxygen atoms in total. The van der Waals surface area contributed by atoms with Gasteiger partial charge in [-0.25, -0.2) is 9.59 Å². The molecule has 0 spiro atoms. The number of carboxylic acid groups (broad SMARTS) is 1. The lowest BCUT2D eigenvalue weighted by Gasteiger charge is -2.28. The van der Waals surface area contributed by atoms with E-state index in [9.17, 15) is 22.8 Å². The molecule has 2 amide bonds. The number of carbonyl (C=O) groups is 2. The smallest absolute Gasteiger partial charge is 0.422 e. The van der Waals surface area contributed by atoms with Gasteiger partial charge in [0.1, 0.15) is 0 Å². The van der Waals surface area contributed by atoms with Crippen LogP contribution in [0, 0.1) is 0 Å². The number of alkyl halides is 3. The molecule has 0 aliphatic rings. The monoisotopic (exact) mass is 304 g/mol. The summed E-state index contributed by atoms with van der Waals surface area (Å²) in [6.45, 7) is 2.27. The second-order valence-electron chi connectivity index (χ2n) is 4.56. The Morgan fingerprint density at radius 1 is 1.29 bits per heavy atom. The quantitative estimate of drug-likeness (QED) is 0.800. The van der Waals surface area contributed by atoms with Gasteiger partial charge in [-0.2, -0.15) is 13.2 Å². The highest BCUT2D eigenvalue weighted by molar-refractivity contribution is 5.94. The second kappa shape index (κ2) is 6.02. The van der Waals surface area contributed by atoms with E-state index in [2.05, 4.69) is 5.32 Å². The molecule has 3 N–H and O–H groups in total. The van der Waals surface area contributed by atoms with E-state index in [-0.39, 0.29) is 5.69 Å². The summed E-state index contributed by atoms with van der Waals surface area (Å²) in [5.74, 6) is -2.19. The van der Waals surface area contributed by atoms with Crippen molar-refractivity contribution >= 4 is 17.7 Å². The number of carboxylic acids is 1. The van der Waals surface area contributed by atoms with Gasteiger partial charge in [0, 0.05) is 5.69 Å². The number of aliphatic carboxylic acids is 1. The van der Waals surface area contributed by atoms with Crippen molar-refractivity contribution in [3.05, 3.63) is 29.8 Å². The third kappa shape index (κ3) is 3.87. The van der Waals surface area contributed by atoms with Gasteiger partial charge in [-0.05, 0) is 31.0 Å². The third-order valence-electron chi connectivity index (χ3n) is 2.95. The highest BCUT2D eigenvalue weighted by atomic mass is 19.4. The van der Waals surface area contributed by atoms with Crippen molar-refractivity contribution in [1.29, 1.82) is 0 Å². The first kappa shape index (κ1) is 16.8. The van der Waals surface area contributed by atoms with E-state index in [0.717, 1.165) is 5.56 Å². The minimum Gasteiger partial charge on any atom is -0.479 e. The van der Waals surface area contributed by atoms with Gasteiger partial charge in [-0.3, -0.25) is 0 Å². The highest BCUT2D eigenvalue weighted by Crippen LogP contribution is 2.30. The van der Waals surface area contributed by atoms with Crippen LogP contribution in [0.4, 0.5) is 23.7 Å². The van der Waals surface area contributed by atoms with Gasteiger partial charge >= 0.3 is 18.2 Å². The molecule has 0 radical (unpaired) electrons. The first-order valence-corrected chi connectivity index (χ1v) is 6.08. The number of hydrogen-bond donors (Lipinski definition) is 3. The molecule has 1 rings (SSSR count). The molecule has 0 aliphatic heterocycles. The zero-order valence-corrected chi connectivity index (χ0v) is 11.4. The standard InChI is InChI=1S/C13H15F3N2O3/c1-3-8-5-4-6-9(7-8)17-11(21)18-12(2,10(19)20)13(14,15)16/h4-7H,3H2,1-2H3,(H,19,20)(H2,17,18,21). The first-order chi connectivity index (χ1) is 9.60. The predicted octanol–water partition coefficient (Wildman–Crippen LogP) is 2.78. The van der Waals surface area contributed by atoms with Gasteiger partial charge in [0.15, 0.2) is 0 Å². The molecule has 116 valence electrons. The molecular weight excluding hydrogens is 289 g/mol. The average molecular weight is 304 g/mol. The number of rotatable bonds is 4. The fourth-order valence-electron chi connectivity index (χ4n) is 1.50. The van der Waals surface area contributed by atoms with Gasteiger partial charge in [0.25, 0.3) is 0 Å². The fraction of sp³-hybridized carbons (Fsp3) is 0.385. The molecule has 0 aliphatic carbocycles. The number of hydrogen-bond acceptors (Lipinski definition) is 2. The van der Waals surface area contributed by atoms with Gasteiger partial charge in [-0.15, -0.1) is 0 Å². The molecule has 0 saturated carbocycles. The number of anilines is 1. The van der Waals surface area contributed by atoms with Crippen LogP contribution in [0.3, 0.4) is 0 Å². The van der Waals surface area contributed by atoms with Gasteiger partial charge in [0.05, 0.1) is 0 Å². The number of amides is 2. The normalized spacial score (nSPS) is 14.1. The van der Waals surface area contributed by atoms with Crippen LogP contribution in [-0.4, -0.2) is 28.8 Å². The Bertz CT molecular complexity index is 546. The Balaban J connectivity index is 2.87. The van der Waals surface area contributed by atoms with E-state index in [1.54, 1.807) is 18.2 Å². The van der Waals surface area contributed by atoms with E-state index in [1.807, 2.05) is 6.92 Å². The van der Waals surface area contributed by atoms with E-state index < -0.39 is 23.7 Å². The highest BCUT2D eigenvalue weighted by Gasteiger charge is 2.58. The molecule has 1 aromatic rings. The van der Waals surface area contributed by atoms with Crippen LogP contribution in [-0.2, 0) is 11.2 Å². The summed E-state index contributed by atoms with van der Waals surface area (Å²) in [6, 6.07) is 5.26. The maximum atomic E-state index is 12.7. The van der Waals surface area contributed by atoms with Crippen molar-refractivity contribution in [2.75, 3.05) is 5.32 Å². The van der Waals surface area contributed by atoms with Gasteiger partial charge in [-0.1, -0.05) is 19.1 Å². The van der Waals surface area contributed by atoms with Gasteiger partial charge in [0.2, 0.25) is 5.54 Å². The first-order valence-electron chi connectivity index (χ1n) is 6.08. The number of benzene rings is 1. The third-order valence-corrected chi connectivity index (χ3v) is 2.95. The van der Waals surface area contributed by atoms with Crippen LogP contribution in [0.2, 0.25) is 0 Å². The molecule has 1 atom stereocenters. The molecular formula is C13H15F3N2O3. The lowest BCUT2D eigenvalue weighted by molar-refractivity contribution is -0.203. The van der Waals surface area contributed by atoms with E-state index in [1.165, 1.54) is 11.4 Å². The number of halogens is 3. The van der Waals surface area contributed by atoms with Crippen molar-refractivity contribution in [2.24, 2.45) is 0 Å². The van der Waals surface area contributed by atoms with Crippen molar-refractivity contribution in [3.8, 4) is 0 Å². The second-order valence-corrected chi connectivity index (χ2v) is 4.56. The fourth-order valence-corrected chi connectivity index (χ4v) is 1.50. The predicted molar refractivity (Wildman–Crippen MR) is 70.1 cm³/mol. The summed E-state index contributed by atoms with van der Waals surface area (Å²) in [4.78, 5) is 22.4. The van der Waals surface area contributed by atoms with Crippen LogP contribution in [0.1, 0.15) is 19.4 Å². The topological polar surface area (TPSA) is 78.4 Å². The molecule has 0 heterocycles. The number of aryl methyl sites for hydroxylation is 1. The van der Waals surface area contributed by atoms with Gasteiger partial charge < -0.3 is 15.7 Å². The molecule has 0 bridgehead atoms.